The molecule has 0 aliphatic rings. The van der Waals surface area contributed by atoms with Gasteiger partial charge in [-0.05, 0) is 23.1 Å². The molecular weight excluding hydrogens is 350 g/mol. The third-order valence-corrected chi connectivity index (χ3v) is 5.08. The molecule has 144 valence electrons. The molecule has 4 aromatic rings. The van der Waals surface area contributed by atoms with Crippen molar-refractivity contribution in [1.82, 2.24) is 9.97 Å². The lowest BCUT2D eigenvalue weighted by atomic mass is 9.87. The maximum atomic E-state index is 12.4. The molecule has 28 heavy (non-hydrogen) atoms. The molecule has 1 unspecified atom stereocenters. The molecule has 0 radical (unpaired) electrons. The minimum atomic E-state index is -0.224. The molecular formula is C23H26N3O2+. The normalized spacial score (nSPS) is 13.3. The predicted molar refractivity (Wildman–Crippen MR) is 112 cm³/mol. The molecule has 5 heteroatoms. The maximum absolute atomic E-state index is 12.4. The van der Waals surface area contributed by atoms with E-state index in [-0.39, 0.29) is 11.0 Å². The Hall–Kier alpha value is -2.92. The summed E-state index contributed by atoms with van der Waals surface area (Å²) >= 11 is 0. The van der Waals surface area contributed by atoms with Crippen LogP contribution in [0, 0.1) is 0 Å². The van der Waals surface area contributed by atoms with E-state index in [0.29, 0.717) is 29.1 Å². The fourth-order valence-corrected chi connectivity index (χ4v) is 3.55. The van der Waals surface area contributed by atoms with Crippen LogP contribution in [0.1, 0.15) is 37.7 Å². The molecule has 2 aromatic heterocycles. The van der Waals surface area contributed by atoms with Gasteiger partial charge >= 0.3 is 0 Å². The summed E-state index contributed by atoms with van der Waals surface area (Å²) < 4.78 is 5.66. The molecule has 0 amide bonds. The van der Waals surface area contributed by atoms with Crippen LogP contribution in [0.3, 0.4) is 0 Å². The highest BCUT2D eigenvalue weighted by Crippen LogP contribution is 2.24. The van der Waals surface area contributed by atoms with E-state index < -0.39 is 0 Å². The second-order valence-corrected chi connectivity index (χ2v) is 8.55. The highest BCUT2D eigenvalue weighted by molar-refractivity contribution is 6.01. The Morgan fingerprint density at radius 3 is 2.46 bits per heavy atom. The number of hydrogen-bond acceptors (Lipinski definition) is 3. The quantitative estimate of drug-likeness (QED) is 0.575. The average Bonchev–Trinajstić information content (AvgIpc) is 3.01. The van der Waals surface area contributed by atoms with E-state index in [1.807, 2.05) is 24.3 Å². The van der Waals surface area contributed by atoms with Gasteiger partial charge in [-0.25, -0.2) is 4.98 Å². The van der Waals surface area contributed by atoms with Crippen molar-refractivity contribution in [2.75, 3.05) is 7.05 Å². The number of aromatic amines is 1. The minimum absolute atomic E-state index is 0.156. The lowest BCUT2D eigenvalue weighted by Crippen LogP contribution is -3.06. The molecule has 0 fully saturated rings. The number of benzene rings is 2. The zero-order chi connectivity index (χ0) is 19.9. The van der Waals surface area contributed by atoms with E-state index in [1.165, 1.54) is 16.0 Å². The van der Waals surface area contributed by atoms with E-state index in [0.717, 1.165) is 11.9 Å². The first-order valence-electron chi connectivity index (χ1n) is 9.62. The van der Waals surface area contributed by atoms with Crippen molar-refractivity contribution in [2.24, 2.45) is 0 Å². The van der Waals surface area contributed by atoms with Crippen LogP contribution >= 0.6 is 0 Å². The SMILES string of the molecule is C[NH+](Cc1ccc(C(C)(C)C)cc1)Cc1nc2c(oc3ccccc32)c(=O)[nH]1. The molecule has 0 aliphatic heterocycles. The smallest absolute Gasteiger partial charge is 0.294 e. The predicted octanol–water partition coefficient (Wildman–Crippen LogP) is 3.18. The largest absolute Gasteiger partial charge is 0.449 e. The second-order valence-electron chi connectivity index (χ2n) is 8.55. The lowest BCUT2D eigenvalue weighted by Gasteiger charge is -2.19. The number of fused-ring (bicyclic) bond motifs is 3. The number of aromatic nitrogens is 2. The Morgan fingerprint density at radius 1 is 1.04 bits per heavy atom. The van der Waals surface area contributed by atoms with Gasteiger partial charge in [-0.3, -0.25) is 4.79 Å². The van der Waals surface area contributed by atoms with Crippen LogP contribution in [-0.4, -0.2) is 17.0 Å². The van der Waals surface area contributed by atoms with E-state index in [4.69, 9.17) is 4.42 Å². The number of nitrogens with zero attached hydrogens (tertiary/aromatic N) is 1. The zero-order valence-electron chi connectivity index (χ0n) is 16.8. The van der Waals surface area contributed by atoms with Crippen molar-refractivity contribution in [3.05, 3.63) is 75.8 Å². The summed E-state index contributed by atoms with van der Waals surface area (Å²) in [6, 6.07) is 16.4. The molecule has 1 atom stereocenters. The molecule has 2 N–H and O–H groups in total. The summed E-state index contributed by atoms with van der Waals surface area (Å²) in [6.45, 7) is 8.15. The average molecular weight is 376 g/mol. The van der Waals surface area contributed by atoms with Gasteiger partial charge in [0, 0.05) is 10.9 Å². The second kappa shape index (κ2) is 6.91. The summed E-state index contributed by atoms with van der Waals surface area (Å²) in [7, 11) is 2.11. The molecule has 2 aromatic carbocycles. The van der Waals surface area contributed by atoms with Crippen LogP contribution in [0.5, 0.6) is 0 Å². The van der Waals surface area contributed by atoms with Crippen molar-refractivity contribution in [3.63, 3.8) is 0 Å². The highest BCUT2D eigenvalue weighted by atomic mass is 16.3. The number of furan rings is 1. The molecule has 0 aliphatic carbocycles. The van der Waals surface area contributed by atoms with Gasteiger partial charge in [0.25, 0.3) is 5.56 Å². The number of H-pyrrole nitrogens is 1. The summed E-state index contributed by atoms with van der Waals surface area (Å²) in [6.07, 6.45) is 0. The van der Waals surface area contributed by atoms with E-state index in [1.54, 1.807) is 0 Å². The van der Waals surface area contributed by atoms with Crippen LogP contribution in [0.2, 0.25) is 0 Å². The first-order chi connectivity index (χ1) is 13.3. The minimum Gasteiger partial charge on any atom is -0.449 e. The Labute approximate surface area is 164 Å². The van der Waals surface area contributed by atoms with Crippen LogP contribution < -0.4 is 10.5 Å². The number of nitrogens with one attached hydrogen (secondary N) is 2. The monoisotopic (exact) mass is 376 g/mol. The Bertz CT molecular complexity index is 1180. The lowest BCUT2D eigenvalue weighted by molar-refractivity contribution is -0.908. The first-order valence-corrected chi connectivity index (χ1v) is 9.62. The van der Waals surface area contributed by atoms with Crippen molar-refractivity contribution in [2.45, 2.75) is 39.3 Å². The molecule has 0 spiro atoms. The van der Waals surface area contributed by atoms with E-state index in [9.17, 15) is 4.79 Å². The van der Waals surface area contributed by atoms with Crippen molar-refractivity contribution >= 4 is 22.1 Å². The van der Waals surface area contributed by atoms with Gasteiger partial charge < -0.3 is 14.3 Å². The standard InChI is InChI=1S/C23H25N3O2/c1-23(2,3)16-11-9-15(10-12-16)13-26(4)14-19-24-20-17-7-5-6-8-18(17)28-21(20)22(27)25-19/h5-12H,13-14H2,1-4H3,(H,24,25,27)/p+1. The van der Waals surface area contributed by atoms with Gasteiger partial charge in [-0.2, -0.15) is 0 Å². The molecule has 4 rings (SSSR count). The maximum Gasteiger partial charge on any atom is 0.294 e. The van der Waals surface area contributed by atoms with Crippen LogP contribution in [0.4, 0.5) is 0 Å². The molecule has 0 saturated carbocycles. The fourth-order valence-electron chi connectivity index (χ4n) is 3.55. The molecule has 5 nitrogen and oxygen atoms in total. The van der Waals surface area contributed by atoms with E-state index in [2.05, 4.69) is 62.1 Å². The highest BCUT2D eigenvalue weighted by Gasteiger charge is 2.16. The summed E-state index contributed by atoms with van der Waals surface area (Å²) in [5, 5.41) is 0.875. The Kier molecular flexibility index (Phi) is 4.55. The zero-order valence-corrected chi connectivity index (χ0v) is 16.8. The van der Waals surface area contributed by atoms with Crippen molar-refractivity contribution in [1.29, 1.82) is 0 Å². The van der Waals surface area contributed by atoms with Gasteiger partial charge in [-0.1, -0.05) is 57.2 Å². The Morgan fingerprint density at radius 2 is 1.75 bits per heavy atom. The molecule has 2 heterocycles. The van der Waals surface area contributed by atoms with Gasteiger partial charge in [0.15, 0.2) is 5.82 Å². The van der Waals surface area contributed by atoms with Gasteiger partial charge in [-0.15, -0.1) is 0 Å². The topological polar surface area (TPSA) is 63.3 Å². The molecule has 0 saturated heterocycles. The van der Waals surface area contributed by atoms with Crippen molar-refractivity contribution < 1.29 is 9.32 Å². The summed E-state index contributed by atoms with van der Waals surface area (Å²) in [4.78, 5) is 21.2. The summed E-state index contributed by atoms with van der Waals surface area (Å²) in [5.41, 5.74) is 4.14. The number of rotatable bonds is 4. The number of hydrogen-bond donors (Lipinski definition) is 2. The number of para-hydroxylation sites is 1. The van der Waals surface area contributed by atoms with Gasteiger partial charge in [0.05, 0.1) is 7.05 Å². The third kappa shape index (κ3) is 3.58. The van der Waals surface area contributed by atoms with Crippen molar-refractivity contribution in [3.8, 4) is 0 Å². The van der Waals surface area contributed by atoms with Crippen LogP contribution in [0.25, 0.3) is 22.1 Å². The van der Waals surface area contributed by atoms with Crippen LogP contribution in [-0.2, 0) is 18.5 Å². The third-order valence-electron chi connectivity index (χ3n) is 5.08. The molecule has 0 bridgehead atoms. The number of quaternary nitrogens is 1. The Balaban J connectivity index is 1.56. The van der Waals surface area contributed by atoms with Crippen LogP contribution in [0.15, 0.2) is 57.7 Å². The summed E-state index contributed by atoms with van der Waals surface area (Å²) in [5.74, 6) is 0.674. The fraction of sp³-hybridized carbons (Fsp3) is 0.304. The van der Waals surface area contributed by atoms with Gasteiger partial charge in [0.2, 0.25) is 5.58 Å². The first kappa shape index (κ1) is 18.4. The van der Waals surface area contributed by atoms with Gasteiger partial charge in [0.1, 0.15) is 24.2 Å². The van der Waals surface area contributed by atoms with E-state index >= 15 is 0 Å².